The fourth-order valence-electron chi connectivity index (χ4n) is 2.39. The van der Waals surface area contributed by atoms with Crippen molar-refractivity contribution in [2.45, 2.75) is 25.7 Å². The van der Waals surface area contributed by atoms with E-state index < -0.39 is 15.5 Å². The van der Waals surface area contributed by atoms with Crippen molar-refractivity contribution in [1.29, 1.82) is 0 Å². The lowest BCUT2D eigenvalue weighted by Gasteiger charge is -2.14. The van der Waals surface area contributed by atoms with E-state index in [0.29, 0.717) is 0 Å². The number of non-ortho nitro benzene ring substituents is 1. The summed E-state index contributed by atoms with van der Waals surface area (Å²) in [6.07, 6.45) is 7.43. The fourth-order valence-corrected chi connectivity index (χ4v) is 2.39. The van der Waals surface area contributed by atoms with Gasteiger partial charge in [0, 0.05) is 6.07 Å². The Morgan fingerprint density at radius 3 is 2.43 bits per heavy atom. The normalized spacial score (nSPS) is 14.8. The number of hydrazone groups is 1. The highest BCUT2D eigenvalue weighted by Gasteiger charge is 2.19. The lowest BCUT2D eigenvalue weighted by molar-refractivity contribution is -0.393. The highest BCUT2D eigenvalue weighted by Crippen LogP contribution is 2.29. The van der Waals surface area contributed by atoms with E-state index in [1.807, 2.05) is 0 Å². The molecular weight excluding hydrogens is 300 g/mol. The van der Waals surface area contributed by atoms with Crippen molar-refractivity contribution >= 4 is 23.3 Å². The first-order valence-electron chi connectivity index (χ1n) is 7.09. The van der Waals surface area contributed by atoms with Gasteiger partial charge in [-0.05, 0) is 42.9 Å². The molecule has 8 nitrogen and oxygen atoms in total. The SMILES string of the molecule is C=CC1=C(/C=N\Nc2ccc([N+](=O)[O-])cc2[N+](=O)[O-])CCCC1. The topological polar surface area (TPSA) is 111 Å². The number of benzene rings is 1. The standard InChI is InChI=1S/C15H16N4O4/c1-2-11-5-3-4-6-12(11)10-16-17-14-8-7-13(18(20)21)9-15(14)19(22)23/h2,7-10,17H,1,3-6H2/b16-10-. The molecule has 0 atom stereocenters. The number of rotatable bonds is 6. The van der Waals surface area contributed by atoms with Crippen LogP contribution < -0.4 is 5.43 Å². The van der Waals surface area contributed by atoms with E-state index in [0.717, 1.165) is 42.9 Å². The molecule has 0 aliphatic heterocycles. The number of anilines is 1. The zero-order chi connectivity index (χ0) is 16.8. The molecule has 1 aromatic carbocycles. The van der Waals surface area contributed by atoms with Crippen molar-refractivity contribution in [3.05, 3.63) is 62.2 Å². The van der Waals surface area contributed by atoms with Gasteiger partial charge in [0.05, 0.1) is 22.1 Å². The van der Waals surface area contributed by atoms with Gasteiger partial charge in [-0.15, -0.1) is 0 Å². The molecule has 0 unspecified atom stereocenters. The first kappa shape index (κ1) is 16.3. The molecule has 1 aromatic rings. The quantitative estimate of drug-likeness (QED) is 0.485. The summed E-state index contributed by atoms with van der Waals surface area (Å²) in [7, 11) is 0. The number of allylic oxidation sites excluding steroid dienone is 3. The van der Waals surface area contributed by atoms with Crippen LogP contribution in [0.5, 0.6) is 0 Å². The van der Waals surface area contributed by atoms with Crippen LogP contribution in [-0.4, -0.2) is 16.1 Å². The highest BCUT2D eigenvalue weighted by molar-refractivity contribution is 5.81. The Hall–Kier alpha value is -3.03. The van der Waals surface area contributed by atoms with Gasteiger partial charge in [-0.1, -0.05) is 12.7 Å². The average Bonchev–Trinajstić information content (AvgIpc) is 2.55. The molecule has 1 N–H and O–H groups in total. The number of hydrogen-bond donors (Lipinski definition) is 1. The van der Waals surface area contributed by atoms with E-state index >= 15 is 0 Å². The fraction of sp³-hybridized carbons (Fsp3) is 0.267. The van der Waals surface area contributed by atoms with Gasteiger partial charge in [-0.2, -0.15) is 5.10 Å². The minimum Gasteiger partial charge on any atom is -0.272 e. The Balaban J connectivity index is 2.21. The molecule has 8 heteroatoms. The van der Waals surface area contributed by atoms with E-state index in [4.69, 9.17) is 0 Å². The summed E-state index contributed by atoms with van der Waals surface area (Å²) >= 11 is 0. The van der Waals surface area contributed by atoms with Crippen LogP contribution in [0.15, 0.2) is 47.1 Å². The minimum absolute atomic E-state index is 0.105. The molecule has 0 radical (unpaired) electrons. The van der Waals surface area contributed by atoms with Crippen molar-refractivity contribution in [3.63, 3.8) is 0 Å². The predicted octanol–water partition coefficient (Wildman–Crippen LogP) is 3.96. The largest absolute Gasteiger partial charge is 0.301 e. The molecule has 1 aliphatic carbocycles. The van der Waals surface area contributed by atoms with Crippen molar-refractivity contribution in [3.8, 4) is 0 Å². The summed E-state index contributed by atoms with van der Waals surface area (Å²) in [5, 5.41) is 25.7. The molecule has 2 rings (SSSR count). The number of nitrogens with zero attached hydrogens (tertiary/aromatic N) is 3. The van der Waals surface area contributed by atoms with Crippen LogP contribution in [0.1, 0.15) is 25.7 Å². The Morgan fingerprint density at radius 1 is 1.13 bits per heavy atom. The molecule has 0 heterocycles. The molecule has 23 heavy (non-hydrogen) atoms. The van der Waals surface area contributed by atoms with Gasteiger partial charge < -0.3 is 0 Å². The molecule has 0 amide bonds. The third-order valence-corrected chi connectivity index (χ3v) is 3.60. The molecule has 0 bridgehead atoms. The summed E-state index contributed by atoms with van der Waals surface area (Å²) < 4.78 is 0. The molecule has 0 saturated carbocycles. The van der Waals surface area contributed by atoms with Crippen LogP contribution in [0.4, 0.5) is 17.1 Å². The maximum atomic E-state index is 11.0. The Morgan fingerprint density at radius 2 is 1.83 bits per heavy atom. The highest BCUT2D eigenvalue weighted by atomic mass is 16.6. The number of hydrogen-bond acceptors (Lipinski definition) is 6. The van der Waals surface area contributed by atoms with Crippen molar-refractivity contribution < 1.29 is 9.85 Å². The Bertz CT molecular complexity index is 709. The molecule has 0 spiro atoms. The van der Waals surface area contributed by atoms with E-state index in [2.05, 4.69) is 17.1 Å². The summed E-state index contributed by atoms with van der Waals surface area (Å²) in [4.78, 5) is 20.4. The van der Waals surface area contributed by atoms with Gasteiger partial charge in [0.2, 0.25) is 0 Å². The van der Waals surface area contributed by atoms with Gasteiger partial charge in [-0.3, -0.25) is 25.7 Å². The second kappa shape index (κ2) is 7.30. The van der Waals surface area contributed by atoms with Gasteiger partial charge >= 0.3 is 5.69 Å². The van der Waals surface area contributed by atoms with Crippen molar-refractivity contribution in [2.24, 2.45) is 5.10 Å². The van der Waals surface area contributed by atoms with Gasteiger partial charge in [0.25, 0.3) is 5.69 Å². The van der Waals surface area contributed by atoms with Gasteiger partial charge in [0.15, 0.2) is 0 Å². The zero-order valence-electron chi connectivity index (χ0n) is 12.4. The van der Waals surface area contributed by atoms with Gasteiger partial charge in [0.1, 0.15) is 5.69 Å². The Labute approximate surface area is 132 Å². The van der Waals surface area contributed by atoms with E-state index in [-0.39, 0.29) is 11.4 Å². The van der Waals surface area contributed by atoms with Crippen LogP contribution >= 0.6 is 0 Å². The lowest BCUT2D eigenvalue weighted by Crippen LogP contribution is -2.02. The second-order valence-electron chi connectivity index (χ2n) is 5.05. The molecule has 0 fully saturated rings. The van der Waals surface area contributed by atoms with Gasteiger partial charge in [-0.25, -0.2) is 0 Å². The smallest absolute Gasteiger partial charge is 0.272 e. The van der Waals surface area contributed by atoms with E-state index in [9.17, 15) is 20.2 Å². The van der Waals surface area contributed by atoms with Crippen molar-refractivity contribution in [2.75, 3.05) is 5.43 Å². The van der Waals surface area contributed by atoms with Crippen molar-refractivity contribution in [1.82, 2.24) is 0 Å². The maximum absolute atomic E-state index is 11.0. The monoisotopic (exact) mass is 316 g/mol. The average molecular weight is 316 g/mol. The molecule has 120 valence electrons. The van der Waals surface area contributed by atoms with Crippen LogP contribution in [-0.2, 0) is 0 Å². The zero-order valence-corrected chi connectivity index (χ0v) is 12.4. The second-order valence-corrected chi connectivity index (χ2v) is 5.05. The van der Waals surface area contributed by atoms with Crippen LogP contribution in [0.3, 0.4) is 0 Å². The number of nitro benzene ring substituents is 2. The predicted molar refractivity (Wildman–Crippen MR) is 87.6 cm³/mol. The first-order valence-corrected chi connectivity index (χ1v) is 7.09. The summed E-state index contributed by atoms with van der Waals surface area (Å²) in [5.74, 6) is 0. The van der Waals surface area contributed by atoms with Crippen LogP contribution in [0.25, 0.3) is 0 Å². The minimum atomic E-state index is -0.681. The number of nitro groups is 2. The van der Waals surface area contributed by atoms with Crippen LogP contribution in [0, 0.1) is 20.2 Å². The first-order chi connectivity index (χ1) is 11.0. The summed E-state index contributed by atoms with van der Waals surface area (Å²) in [5.41, 5.74) is 4.14. The third kappa shape index (κ3) is 4.00. The molecule has 1 aliphatic rings. The summed E-state index contributed by atoms with van der Waals surface area (Å²) in [6.45, 7) is 3.77. The third-order valence-electron chi connectivity index (χ3n) is 3.60. The molecular formula is C15H16N4O4. The number of nitrogens with one attached hydrogen (secondary N) is 1. The van der Waals surface area contributed by atoms with E-state index in [1.54, 1.807) is 12.3 Å². The molecule has 0 saturated heterocycles. The lowest BCUT2D eigenvalue weighted by atomic mass is 9.92. The van der Waals surface area contributed by atoms with Crippen LogP contribution in [0.2, 0.25) is 0 Å². The molecule has 0 aromatic heterocycles. The van der Waals surface area contributed by atoms with E-state index in [1.165, 1.54) is 12.1 Å². The summed E-state index contributed by atoms with van der Waals surface area (Å²) in [6, 6.07) is 3.38. The Kier molecular flexibility index (Phi) is 5.19. The maximum Gasteiger partial charge on any atom is 0.301 e.